The molecule has 1 rings (SSSR count). The number of rotatable bonds is 6. The predicted molar refractivity (Wildman–Crippen MR) is 74.3 cm³/mol. The average Bonchev–Trinajstić information content (AvgIpc) is 2.37. The van der Waals surface area contributed by atoms with E-state index >= 15 is 0 Å². The molecule has 0 aliphatic carbocycles. The van der Waals surface area contributed by atoms with Gasteiger partial charge in [-0.25, -0.2) is 9.18 Å². The van der Waals surface area contributed by atoms with Gasteiger partial charge in [0.25, 0.3) is 0 Å². The van der Waals surface area contributed by atoms with E-state index < -0.39 is 17.8 Å². The highest BCUT2D eigenvalue weighted by atomic mass is 19.1. The maximum absolute atomic E-state index is 13.7. The van der Waals surface area contributed by atoms with Gasteiger partial charge in [-0.3, -0.25) is 4.79 Å². The number of nitrogens with one attached hydrogen (secondary N) is 2. The Balaban J connectivity index is 2.82. The Morgan fingerprint density at radius 1 is 1.30 bits per heavy atom. The van der Waals surface area contributed by atoms with Crippen LogP contribution in [0.1, 0.15) is 31.1 Å². The second kappa shape index (κ2) is 6.88. The number of anilines is 1. The molecule has 110 valence electrons. The molecule has 0 bridgehead atoms. The third kappa shape index (κ3) is 4.22. The summed E-state index contributed by atoms with van der Waals surface area (Å²) in [5.74, 6) is -1.96. The number of hydrogen-bond donors (Lipinski definition) is 3. The van der Waals surface area contributed by atoms with Gasteiger partial charge in [0.15, 0.2) is 0 Å². The number of halogens is 1. The van der Waals surface area contributed by atoms with Gasteiger partial charge in [-0.2, -0.15) is 0 Å². The van der Waals surface area contributed by atoms with Crippen LogP contribution in [0.5, 0.6) is 0 Å². The molecule has 0 spiro atoms. The van der Waals surface area contributed by atoms with Crippen LogP contribution in [0.4, 0.5) is 10.1 Å². The number of carboxylic acid groups (broad SMARTS) is 1. The fourth-order valence-corrected chi connectivity index (χ4v) is 1.59. The Labute approximate surface area is 117 Å². The van der Waals surface area contributed by atoms with Crippen LogP contribution >= 0.6 is 0 Å². The first kappa shape index (κ1) is 15.9. The molecule has 5 nitrogen and oxygen atoms in total. The van der Waals surface area contributed by atoms with Gasteiger partial charge in [0.1, 0.15) is 11.9 Å². The third-order valence-electron chi connectivity index (χ3n) is 2.68. The zero-order valence-electron chi connectivity index (χ0n) is 11.7. The second-order valence-electron chi connectivity index (χ2n) is 4.97. The minimum absolute atomic E-state index is 0.174. The average molecular weight is 282 g/mol. The normalized spacial score (nSPS) is 12.1. The Hall–Kier alpha value is -2.11. The minimum atomic E-state index is -1.25. The zero-order valence-corrected chi connectivity index (χ0v) is 11.7. The van der Waals surface area contributed by atoms with E-state index in [1.54, 1.807) is 6.92 Å². The SMILES string of the molecule is CC(C)CNC(=O)C(C)Nc1c(F)cccc1C(=O)O. The van der Waals surface area contributed by atoms with Crippen molar-refractivity contribution < 1.29 is 19.1 Å². The first-order chi connectivity index (χ1) is 9.32. The second-order valence-corrected chi connectivity index (χ2v) is 4.97. The highest BCUT2D eigenvalue weighted by Crippen LogP contribution is 2.20. The topological polar surface area (TPSA) is 78.4 Å². The van der Waals surface area contributed by atoms with Gasteiger partial charge < -0.3 is 15.7 Å². The molecule has 0 saturated carbocycles. The molecule has 0 aromatic heterocycles. The standard InChI is InChI=1S/C14H19FN2O3/c1-8(2)7-16-13(18)9(3)17-12-10(14(19)20)5-4-6-11(12)15/h4-6,8-9,17H,7H2,1-3H3,(H,16,18)(H,19,20). The van der Waals surface area contributed by atoms with Gasteiger partial charge in [0, 0.05) is 6.54 Å². The monoisotopic (exact) mass is 282 g/mol. The van der Waals surface area contributed by atoms with E-state index in [1.807, 2.05) is 13.8 Å². The van der Waals surface area contributed by atoms with Gasteiger partial charge in [0.05, 0.1) is 11.3 Å². The maximum Gasteiger partial charge on any atom is 0.337 e. The molecule has 0 radical (unpaired) electrons. The third-order valence-corrected chi connectivity index (χ3v) is 2.68. The van der Waals surface area contributed by atoms with Crippen molar-refractivity contribution in [1.82, 2.24) is 5.32 Å². The molecule has 1 atom stereocenters. The van der Waals surface area contributed by atoms with E-state index in [4.69, 9.17) is 5.11 Å². The van der Waals surface area contributed by atoms with Gasteiger partial charge >= 0.3 is 5.97 Å². The summed E-state index contributed by atoms with van der Waals surface area (Å²) in [6.45, 7) is 5.97. The molecule has 1 aromatic carbocycles. The lowest BCUT2D eigenvalue weighted by atomic mass is 10.1. The molecular formula is C14H19FN2O3. The van der Waals surface area contributed by atoms with Crippen molar-refractivity contribution in [3.63, 3.8) is 0 Å². The van der Waals surface area contributed by atoms with E-state index in [0.717, 1.165) is 6.07 Å². The van der Waals surface area contributed by atoms with Crippen LogP contribution in [0, 0.1) is 11.7 Å². The Morgan fingerprint density at radius 3 is 2.50 bits per heavy atom. The van der Waals surface area contributed by atoms with E-state index in [0.29, 0.717) is 12.5 Å². The predicted octanol–water partition coefficient (Wildman–Crippen LogP) is 2.10. The van der Waals surface area contributed by atoms with Crippen LogP contribution < -0.4 is 10.6 Å². The summed E-state index contributed by atoms with van der Waals surface area (Å²) in [7, 11) is 0. The summed E-state index contributed by atoms with van der Waals surface area (Å²) in [5.41, 5.74) is -0.374. The summed E-state index contributed by atoms with van der Waals surface area (Å²) < 4.78 is 13.7. The molecule has 0 saturated heterocycles. The number of aromatic carboxylic acids is 1. The summed E-state index contributed by atoms with van der Waals surface area (Å²) in [6, 6.07) is 3.01. The molecule has 1 aromatic rings. The molecule has 3 N–H and O–H groups in total. The molecular weight excluding hydrogens is 263 g/mol. The van der Waals surface area contributed by atoms with Crippen LogP contribution in [-0.2, 0) is 4.79 Å². The van der Waals surface area contributed by atoms with Gasteiger partial charge in [-0.05, 0) is 25.0 Å². The number of amides is 1. The number of carbonyl (C=O) groups excluding carboxylic acids is 1. The largest absolute Gasteiger partial charge is 0.478 e. The Kier molecular flexibility index (Phi) is 5.49. The lowest BCUT2D eigenvalue weighted by Gasteiger charge is -2.18. The Bertz CT molecular complexity index is 503. The van der Waals surface area contributed by atoms with E-state index in [2.05, 4.69) is 10.6 Å². The first-order valence-corrected chi connectivity index (χ1v) is 6.39. The molecule has 1 amide bonds. The summed E-state index contributed by atoms with van der Waals surface area (Å²) >= 11 is 0. The molecule has 20 heavy (non-hydrogen) atoms. The van der Waals surface area contributed by atoms with Crippen molar-refractivity contribution in [2.45, 2.75) is 26.8 Å². The number of para-hydroxylation sites is 1. The Morgan fingerprint density at radius 2 is 1.95 bits per heavy atom. The van der Waals surface area contributed by atoms with Crippen molar-refractivity contribution in [3.8, 4) is 0 Å². The summed E-state index contributed by atoms with van der Waals surface area (Å²) in [6.07, 6.45) is 0. The van der Waals surface area contributed by atoms with E-state index in [1.165, 1.54) is 12.1 Å². The molecule has 0 aliphatic heterocycles. The van der Waals surface area contributed by atoms with Gasteiger partial charge in [-0.15, -0.1) is 0 Å². The van der Waals surface area contributed by atoms with Crippen LogP contribution in [0.2, 0.25) is 0 Å². The number of benzene rings is 1. The van der Waals surface area contributed by atoms with Crippen molar-refractivity contribution in [2.75, 3.05) is 11.9 Å². The molecule has 0 aliphatic rings. The van der Waals surface area contributed by atoms with Crippen molar-refractivity contribution in [2.24, 2.45) is 5.92 Å². The highest BCUT2D eigenvalue weighted by Gasteiger charge is 2.19. The highest BCUT2D eigenvalue weighted by molar-refractivity contribution is 5.95. The van der Waals surface area contributed by atoms with Crippen LogP contribution in [0.15, 0.2) is 18.2 Å². The zero-order chi connectivity index (χ0) is 15.3. The van der Waals surface area contributed by atoms with Crippen molar-refractivity contribution in [3.05, 3.63) is 29.6 Å². The fraction of sp³-hybridized carbons (Fsp3) is 0.429. The molecule has 0 heterocycles. The van der Waals surface area contributed by atoms with Crippen molar-refractivity contribution >= 4 is 17.6 Å². The summed E-state index contributed by atoms with van der Waals surface area (Å²) in [4.78, 5) is 22.8. The van der Waals surface area contributed by atoms with E-state index in [9.17, 15) is 14.0 Å². The first-order valence-electron chi connectivity index (χ1n) is 6.39. The van der Waals surface area contributed by atoms with Crippen LogP contribution in [0.25, 0.3) is 0 Å². The molecule has 6 heteroatoms. The summed E-state index contributed by atoms with van der Waals surface area (Å²) in [5, 5.41) is 14.3. The lowest BCUT2D eigenvalue weighted by molar-refractivity contribution is -0.121. The number of hydrogen-bond acceptors (Lipinski definition) is 3. The number of carboxylic acids is 1. The molecule has 0 fully saturated rings. The van der Waals surface area contributed by atoms with Gasteiger partial charge in [-0.1, -0.05) is 19.9 Å². The van der Waals surface area contributed by atoms with E-state index in [-0.39, 0.29) is 17.2 Å². The van der Waals surface area contributed by atoms with Crippen molar-refractivity contribution in [1.29, 1.82) is 0 Å². The van der Waals surface area contributed by atoms with Crippen LogP contribution in [-0.4, -0.2) is 29.6 Å². The minimum Gasteiger partial charge on any atom is -0.478 e. The smallest absolute Gasteiger partial charge is 0.337 e. The lowest BCUT2D eigenvalue weighted by Crippen LogP contribution is -2.39. The maximum atomic E-state index is 13.7. The van der Waals surface area contributed by atoms with Crippen LogP contribution in [0.3, 0.4) is 0 Å². The van der Waals surface area contributed by atoms with Gasteiger partial charge in [0.2, 0.25) is 5.91 Å². The molecule has 1 unspecified atom stereocenters. The quantitative estimate of drug-likeness (QED) is 0.746. The number of carbonyl (C=O) groups is 2. The fourth-order valence-electron chi connectivity index (χ4n) is 1.59.